The highest BCUT2D eigenvalue weighted by atomic mass is 16.5. The third-order valence-electron chi connectivity index (χ3n) is 3.89. The number of urea groups is 1. The molecule has 2 N–H and O–H groups in total. The van der Waals surface area contributed by atoms with Crippen LogP contribution in [0.2, 0.25) is 0 Å². The van der Waals surface area contributed by atoms with Crippen LogP contribution in [0.3, 0.4) is 0 Å². The van der Waals surface area contributed by atoms with Crippen LogP contribution in [-0.4, -0.2) is 16.2 Å². The predicted molar refractivity (Wildman–Crippen MR) is 92.7 cm³/mol. The SMILES string of the molecule is Cc1noc([C@H](C)NC(=O)N[C@H](C)c2ccc(C(C)(C)C)cc2)n1. The molecule has 0 aliphatic carbocycles. The van der Waals surface area contributed by atoms with Crippen molar-refractivity contribution in [2.45, 2.75) is 59.0 Å². The summed E-state index contributed by atoms with van der Waals surface area (Å²) in [4.78, 5) is 16.2. The lowest BCUT2D eigenvalue weighted by atomic mass is 9.86. The van der Waals surface area contributed by atoms with Crippen molar-refractivity contribution in [1.82, 2.24) is 20.8 Å². The van der Waals surface area contributed by atoms with Gasteiger partial charge in [0.2, 0.25) is 5.89 Å². The van der Waals surface area contributed by atoms with Gasteiger partial charge in [0.05, 0.1) is 6.04 Å². The summed E-state index contributed by atoms with van der Waals surface area (Å²) in [5.41, 5.74) is 2.44. The van der Waals surface area contributed by atoms with E-state index in [0.717, 1.165) is 5.56 Å². The molecule has 0 spiro atoms. The number of nitrogens with zero attached hydrogens (tertiary/aromatic N) is 2. The molecule has 0 unspecified atom stereocenters. The minimum Gasteiger partial charge on any atom is -0.337 e. The quantitative estimate of drug-likeness (QED) is 0.893. The lowest BCUT2D eigenvalue weighted by Crippen LogP contribution is -2.38. The van der Waals surface area contributed by atoms with E-state index in [1.807, 2.05) is 6.92 Å². The van der Waals surface area contributed by atoms with Gasteiger partial charge in [-0.2, -0.15) is 4.98 Å². The van der Waals surface area contributed by atoms with Gasteiger partial charge in [0.1, 0.15) is 6.04 Å². The number of rotatable bonds is 4. The van der Waals surface area contributed by atoms with E-state index < -0.39 is 0 Å². The molecule has 2 atom stereocenters. The second-order valence-corrected chi connectivity index (χ2v) is 7.11. The van der Waals surface area contributed by atoms with Crippen LogP contribution in [0.15, 0.2) is 28.8 Å². The lowest BCUT2D eigenvalue weighted by Gasteiger charge is -2.21. The molecule has 0 aliphatic heterocycles. The molecule has 0 fully saturated rings. The molecule has 1 aromatic heterocycles. The maximum atomic E-state index is 12.1. The number of carbonyl (C=O) groups excluding carboxylic acids is 1. The van der Waals surface area contributed by atoms with Crippen molar-refractivity contribution in [2.24, 2.45) is 0 Å². The Morgan fingerprint density at radius 2 is 1.67 bits per heavy atom. The number of benzene rings is 1. The Hall–Kier alpha value is -2.37. The molecule has 130 valence electrons. The third kappa shape index (κ3) is 4.57. The van der Waals surface area contributed by atoms with E-state index >= 15 is 0 Å². The van der Waals surface area contributed by atoms with Crippen molar-refractivity contribution in [3.8, 4) is 0 Å². The number of aryl methyl sites for hydroxylation is 1. The van der Waals surface area contributed by atoms with Crippen molar-refractivity contribution >= 4 is 6.03 Å². The minimum absolute atomic E-state index is 0.101. The number of aromatic nitrogens is 2. The van der Waals surface area contributed by atoms with Gasteiger partial charge < -0.3 is 15.2 Å². The summed E-state index contributed by atoms with van der Waals surface area (Å²) in [5.74, 6) is 0.941. The van der Waals surface area contributed by atoms with E-state index in [1.165, 1.54) is 5.56 Å². The molecule has 2 aromatic rings. The van der Waals surface area contributed by atoms with Crippen molar-refractivity contribution < 1.29 is 9.32 Å². The Morgan fingerprint density at radius 1 is 1.08 bits per heavy atom. The van der Waals surface area contributed by atoms with Gasteiger partial charge in [0.25, 0.3) is 0 Å². The van der Waals surface area contributed by atoms with Gasteiger partial charge in [-0.3, -0.25) is 0 Å². The molecule has 2 amide bonds. The molecule has 2 rings (SSSR count). The second-order valence-electron chi connectivity index (χ2n) is 7.11. The second kappa shape index (κ2) is 7.03. The summed E-state index contributed by atoms with van der Waals surface area (Å²) in [5, 5.41) is 9.45. The number of hydrogen-bond acceptors (Lipinski definition) is 4. The fraction of sp³-hybridized carbons (Fsp3) is 0.500. The van der Waals surface area contributed by atoms with Gasteiger partial charge in [0.15, 0.2) is 5.82 Å². The lowest BCUT2D eigenvalue weighted by molar-refractivity contribution is 0.231. The molecule has 1 aromatic carbocycles. The van der Waals surface area contributed by atoms with Crippen LogP contribution < -0.4 is 10.6 Å². The first-order valence-electron chi connectivity index (χ1n) is 8.14. The maximum absolute atomic E-state index is 12.1. The minimum atomic E-state index is -0.346. The molecule has 1 heterocycles. The van der Waals surface area contributed by atoms with Crippen LogP contribution in [0.5, 0.6) is 0 Å². The summed E-state index contributed by atoms with van der Waals surface area (Å²) < 4.78 is 5.06. The van der Waals surface area contributed by atoms with Gasteiger partial charge in [-0.05, 0) is 37.3 Å². The Morgan fingerprint density at radius 3 is 2.17 bits per heavy atom. The zero-order chi connectivity index (χ0) is 17.9. The van der Waals surface area contributed by atoms with E-state index in [-0.39, 0.29) is 23.5 Å². The van der Waals surface area contributed by atoms with Crippen LogP contribution in [0.25, 0.3) is 0 Å². The standard InChI is InChI=1S/C18H26N4O2/c1-11(14-7-9-15(10-8-14)18(4,5)6)19-17(23)20-12(2)16-21-13(3)22-24-16/h7-12H,1-6H3,(H2,19,20,23)/t11-,12+/m1/s1. The van der Waals surface area contributed by atoms with Gasteiger partial charge in [-0.15, -0.1) is 0 Å². The molecule has 0 radical (unpaired) electrons. The molecular formula is C18H26N4O2. The molecule has 6 heteroatoms. The van der Waals surface area contributed by atoms with E-state index in [0.29, 0.717) is 11.7 Å². The highest BCUT2D eigenvalue weighted by Gasteiger charge is 2.18. The zero-order valence-corrected chi connectivity index (χ0v) is 15.2. The molecule has 0 saturated heterocycles. The zero-order valence-electron chi connectivity index (χ0n) is 15.2. The van der Waals surface area contributed by atoms with Crippen LogP contribution in [0, 0.1) is 6.92 Å². The Balaban J connectivity index is 1.93. The predicted octanol–water partition coefficient (Wildman–Crippen LogP) is 3.80. The van der Waals surface area contributed by atoms with Gasteiger partial charge in [-0.25, -0.2) is 4.79 Å². The van der Waals surface area contributed by atoms with Crippen molar-refractivity contribution in [2.75, 3.05) is 0 Å². The molecular weight excluding hydrogens is 304 g/mol. The Kier molecular flexibility index (Phi) is 5.26. The fourth-order valence-corrected chi connectivity index (χ4v) is 2.34. The van der Waals surface area contributed by atoms with Crippen LogP contribution >= 0.6 is 0 Å². The highest BCUT2D eigenvalue weighted by Crippen LogP contribution is 2.23. The molecule has 6 nitrogen and oxygen atoms in total. The first-order valence-corrected chi connectivity index (χ1v) is 8.14. The number of hydrogen-bond donors (Lipinski definition) is 2. The topological polar surface area (TPSA) is 80.0 Å². The van der Waals surface area contributed by atoms with E-state index in [1.54, 1.807) is 13.8 Å². The third-order valence-corrected chi connectivity index (χ3v) is 3.89. The molecule has 0 saturated carbocycles. The molecule has 0 aliphatic rings. The van der Waals surface area contributed by atoms with E-state index in [9.17, 15) is 4.79 Å². The monoisotopic (exact) mass is 330 g/mol. The molecule has 24 heavy (non-hydrogen) atoms. The van der Waals surface area contributed by atoms with Crippen molar-refractivity contribution in [3.05, 3.63) is 47.1 Å². The van der Waals surface area contributed by atoms with Crippen LogP contribution in [0.4, 0.5) is 4.79 Å². The normalized spacial score (nSPS) is 14.1. The average molecular weight is 330 g/mol. The Labute approximate surface area is 143 Å². The number of nitrogens with one attached hydrogen (secondary N) is 2. The fourth-order valence-electron chi connectivity index (χ4n) is 2.34. The first-order chi connectivity index (χ1) is 11.2. The summed E-state index contributed by atoms with van der Waals surface area (Å²) >= 11 is 0. The summed E-state index contributed by atoms with van der Waals surface area (Å²) in [7, 11) is 0. The van der Waals surface area contributed by atoms with E-state index in [2.05, 4.69) is 65.8 Å². The Bertz CT molecular complexity index is 686. The smallest absolute Gasteiger partial charge is 0.315 e. The molecule has 0 bridgehead atoms. The highest BCUT2D eigenvalue weighted by molar-refractivity contribution is 5.74. The van der Waals surface area contributed by atoms with E-state index in [4.69, 9.17) is 4.52 Å². The van der Waals surface area contributed by atoms with Crippen molar-refractivity contribution in [3.63, 3.8) is 0 Å². The van der Waals surface area contributed by atoms with Gasteiger partial charge >= 0.3 is 6.03 Å². The summed E-state index contributed by atoms with van der Waals surface area (Å²) in [6.45, 7) is 12.0. The maximum Gasteiger partial charge on any atom is 0.315 e. The van der Waals surface area contributed by atoms with Gasteiger partial charge in [-0.1, -0.05) is 50.2 Å². The first kappa shape index (κ1) is 18.0. The average Bonchev–Trinajstić information content (AvgIpc) is 2.93. The van der Waals surface area contributed by atoms with Crippen LogP contribution in [0.1, 0.15) is 69.5 Å². The van der Waals surface area contributed by atoms with Crippen LogP contribution in [-0.2, 0) is 5.41 Å². The van der Waals surface area contributed by atoms with Gasteiger partial charge in [0, 0.05) is 0 Å². The number of carbonyl (C=O) groups is 1. The van der Waals surface area contributed by atoms with Crippen molar-refractivity contribution in [1.29, 1.82) is 0 Å². The summed E-state index contributed by atoms with van der Waals surface area (Å²) in [6, 6.07) is 7.60. The largest absolute Gasteiger partial charge is 0.337 e. The summed E-state index contributed by atoms with van der Waals surface area (Å²) in [6.07, 6.45) is 0. The number of amides is 2.